The first-order chi connectivity index (χ1) is 12.7. The summed E-state index contributed by atoms with van der Waals surface area (Å²) in [6.07, 6.45) is -0.682. The van der Waals surface area contributed by atoms with Gasteiger partial charge in [-0.05, 0) is 44.1 Å². The summed E-state index contributed by atoms with van der Waals surface area (Å²) in [6, 6.07) is 5.52. The Morgan fingerprint density at radius 1 is 1.25 bits per heavy atom. The maximum atomic E-state index is 13.1. The van der Waals surface area contributed by atoms with Crippen molar-refractivity contribution in [2.45, 2.75) is 75.9 Å². The number of hydrogen-bond donors (Lipinski definition) is 0. The Bertz CT molecular complexity index is 842. The quantitative estimate of drug-likeness (QED) is 0.497. The molecule has 1 amide bonds. The number of carbonyl (C=O) groups excluding carboxylic acids is 1. The first-order valence-electron chi connectivity index (χ1n) is 9.34. The summed E-state index contributed by atoms with van der Waals surface area (Å²) in [7, 11) is -6.19. The van der Waals surface area contributed by atoms with Crippen LogP contribution in [0, 0.1) is 6.92 Å². The minimum atomic E-state index is -4.06. The van der Waals surface area contributed by atoms with Gasteiger partial charge in [0.2, 0.25) is 0 Å². The molecule has 8 heteroatoms. The molecule has 0 aromatic heterocycles. The van der Waals surface area contributed by atoms with Gasteiger partial charge in [-0.25, -0.2) is 13.2 Å². The van der Waals surface area contributed by atoms with Crippen molar-refractivity contribution in [3.05, 3.63) is 42.5 Å². The Labute approximate surface area is 169 Å². The number of rotatable bonds is 6. The van der Waals surface area contributed by atoms with Crippen LogP contribution in [0.1, 0.15) is 33.3 Å². The molecule has 1 fully saturated rings. The van der Waals surface area contributed by atoms with Crippen LogP contribution in [-0.4, -0.2) is 45.4 Å². The average Bonchev–Trinajstić information content (AvgIpc) is 2.91. The van der Waals surface area contributed by atoms with E-state index in [9.17, 15) is 13.2 Å². The maximum absolute atomic E-state index is 13.1. The molecule has 3 atom stereocenters. The lowest BCUT2D eigenvalue weighted by Gasteiger charge is -2.39. The SMILES string of the molecule is C=C[C@H]1[C@H]([C@H](C)O[Si](C)(C)C(C)(C)C)OC(=O)N1S(=O)(=O)c1ccc(C)cc1. The lowest BCUT2D eigenvalue weighted by atomic mass is 10.1. The molecule has 0 N–H and O–H groups in total. The summed E-state index contributed by atoms with van der Waals surface area (Å²) in [5, 5.41) is -0.0266. The van der Waals surface area contributed by atoms with Crippen LogP contribution in [0.3, 0.4) is 0 Å². The fraction of sp³-hybridized carbons (Fsp3) is 0.550. The second-order valence-corrected chi connectivity index (χ2v) is 15.3. The summed E-state index contributed by atoms with van der Waals surface area (Å²) in [5.74, 6) is 0. The topological polar surface area (TPSA) is 72.9 Å². The number of benzene rings is 1. The number of aryl methyl sites for hydroxylation is 1. The molecule has 1 saturated heterocycles. The molecule has 1 aromatic carbocycles. The Hall–Kier alpha value is -1.64. The number of carbonyl (C=O) groups is 1. The fourth-order valence-electron chi connectivity index (χ4n) is 2.89. The van der Waals surface area contributed by atoms with E-state index in [4.69, 9.17) is 9.16 Å². The third-order valence-corrected chi connectivity index (χ3v) is 11.9. The van der Waals surface area contributed by atoms with Gasteiger partial charge >= 0.3 is 6.09 Å². The van der Waals surface area contributed by atoms with Gasteiger partial charge in [-0.3, -0.25) is 0 Å². The molecule has 1 heterocycles. The molecule has 0 radical (unpaired) electrons. The van der Waals surface area contributed by atoms with Crippen molar-refractivity contribution in [1.29, 1.82) is 0 Å². The van der Waals surface area contributed by atoms with Gasteiger partial charge in [-0.2, -0.15) is 4.31 Å². The fourth-order valence-corrected chi connectivity index (χ4v) is 5.78. The Kier molecular flexibility index (Phi) is 6.18. The van der Waals surface area contributed by atoms with Crippen LogP contribution in [0.25, 0.3) is 0 Å². The monoisotopic (exact) mass is 425 g/mol. The van der Waals surface area contributed by atoms with Gasteiger partial charge in [0.05, 0.1) is 11.0 Å². The average molecular weight is 426 g/mol. The van der Waals surface area contributed by atoms with Crippen LogP contribution in [0.2, 0.25) is 18.1 Å². The Morgan fingerprint density at radius 2 is 1.79 bits per heavy atom. The molecule has 1 aliphatic rings. The first kappa shape index (κ1) is 22.6. The molecule has 0 bridgehead atoms. The Morgan fingerprint density at radius 3 is 2.25 bits per heavy atom. The van der Waals surface area contributed by atoms with Crippen molar-refractivity contribution in [1.82, 2.24) is 4.31 Å². The molecule has 0 saturated carbocycles. The summed E-state index contributed by atoms with van der Waals surface area (Å²) in [6.45, 7) is 18.0. The van der Waals surface area contributed by atoms with E-state index in [-0.39, 0.29) is 9.93 Å². The number of amides is 1. The minimum Gasteiger partial charge on any atom is -0.440 e. The molecule has 6 nitrogen and oxygen atoms in total. The highest BCUT2D eigenvalue weighted by molar-refractivity contribution is 7.89. The lowest BCUT2D eigenvalue weighted by Crippen LogP contribution is -2.49. The molecule has 1 aliphatic heterocycles. The van der Waals surface area contributed by atoms with Crippen molar-refractivity contribution < 1.29 is 22.4 Å². The number of ether oxygens (including phenoxy) is 1. The van der Waals surface area contributed by atoms with Gasteiger partial charge in [-0.15, -0.1) is 6.58 Å². The van der Waals surface area contributed by atoms with Gasteiger partial charge in [0, 0.05) is 0 Å². The smallest absolute Gasteiger partial charge is 0.425 e. The summed E-state index contributed by atoms with van der Waals surface area (Å²) in [5.41, 5.74) is 0.928. The molecule has 156 valence electrons. The molecule has 0 aliphatic carbocycles. The minimum absolute atomic E-state index is 0.0266. The molecule has 28 heavy (non-hydrogen) atoms. The van der Waals surface area contributed by atoms with Crippen LogP contribution in [0.15, 0.2) is 41.8 Å². The third kappa shape index (κ3) is 4.18. The van der Waals surface area contributed by atoms with Crippen molar-refractivity contribution in [2.24, 2.45) is 0 Å². The highest BCUT2D eigenvalue weighted by atomic mass is 32.2. The summed E-state index contributed by atoms with van der Waals surface area (Å²) < 4.78 is 38.7. The van der Waals surface area contributed by atoms with E-state index in [0.717, 1.165) is 9.87 Å². The van der Waals surface area contributed by atoms with Crippen LogP contribution in [0.4, 0.5) is 4.79 Å². The van der Waals surface area contributed by atoms with E-state index < -0.39 is 42.7 Å². The third-order valence-electron chi connectivity index (χ3n) is 5.59. The zero-order valence-electron chi connectivity index (χ0n) is 17.7. The van der Waals surface area contributed by atoms with Crippen molar-refractivity contribution in [3.8, 4) is 0 Å². The highest BCUT2D eigenvalue weighted by Gasteiger charge is 2.51. The van der Waals surface area contributed by atoms with Crippen molar-refractivity contribution >= 4 is 24.4 Å². The van der Waals surface area contributed by atoms with Gasteiger partial charge in [0.1, 0.15) is 6.04 Å². The normalized spacial score (nSPS) is 22.1. The summed E-state index contributed by atoms with van der Waals surface area (Å²) in [4.78, 5) is 12.6. The molecule has 2 rings (SSSR count). The van der Waals surface area contributed by atoms with E-state index >= 15 is 0 Å². The van der Waals surface area contributed by atoms with E-state index in [1.54, 1.807) is 12.1 Å². The number of nitrogens with zero attached hydrogens (tertiary/aromatic N) is 1. The molecule has 0 unspecified atom stereocenters. The largest absolute Gasteiger partial charge is 0.440 e. The lowest BCUT2D eigenvalue weighted by molar-refractivity contribution is 0.0418. The molecular weight excluding hydrogens is 394 g/mol. The van der Waals surface area contributed by atoms with Crippen LogP contribution >= 0.6 is 0 Å². The van der Waals surface area contributed by atoms with Crippen molar-refractivity contribution in [3.63, 3.8) is 0 Å². The Balaban J connectivity index is 2.34. The number of sulfonamides is 1. The zero-order chi connectivity index (χ0) is 21.5. The highest BCUT2D eigenvalue weighted by Crippen LogP contribution is 2.39. The van der Waals surface area contributed by atoms with Gasteiger partial charge in [-0.1, -0.05) is 44.5 Å². The van der Waals surface area contributed by atoms with E-state index in [2.05, 4.69) is 40.4 Å². The van der Waals surface area contributed by atoms with E-state index in [1.165, 1.54) is 18.2 Å². The zero-order valence-corrected chi connectivity index (χ0v) is 19.5. The number of hydrogen-bond acceptors (Lipinski definition) is 5. The second-order valence-electron chi connectivity index (χ2n) is 8.77. The second kappa shape index (κ2) is 7.65. The van der Waals surface area contributed by atoms with Crippen molar-refractivity contribution in [2.75, 3.05) is 0 Å². The first-order valence-corrected chi connectivity index (χ1v) is 13.7. The van der Waals surface area contributed by atoms with Crippen LogP contribution < -0.4 is 0 Å². The summed E-state index contributed by atoms with van der Waals surface area (Å²) >= 11 is 0. The van der Waals surface area contributed by atoms with Crippen LogP contribution in [0.5, 0.6) is 0 Å². The number of cyclic esters (lactones) is 1. The predicted molar refractivity (Wildman–Crippen MR) is 112 cm³/mol. The van der Waals surface area contributed by atoms with Gasteiger partial charge in [0.15, 0.2) is 14.4 Å². The van der Waals surface area contributed by atoms with E-state index in [1.807, 2.05) is 13.8 Å². The molecular formula is C20H31NO5SSi. The maximum Gasteiger partial charge on any atom is 0.425 e. The molecule has 0 spiro atoms. The van der Waals surface area contributed by atoms with Crippen LogP contribution in [-0.2, 0) is 19.2 Å². The van der Waals surface area contributed by atoms with E-state index in [0.29, 0.717) is 0 Å². The predicted octanol–water partition coefficient (Wildman–Crippen LogP) is 4.47. The molecule has 1 aromatic rings. The van der Waals surface area contributed by atoms with Gasteiger partial charge < -0.3 is 9.16 Å². The van der Waals surface area contributed by atoms with Gasteiger partial charge in [0.25, 0.3) is 10.0 Å². The standard InChI is InChI=1S/C20H31NO5SSi/c1-9-17-18(15(3)26-28(7,8)20(4,5)6)25-19(22)21(17)27(23,24)16-12-10-14(2)11-13-16/h9-13,15,17-18H,1H2,2-8H3/t15-,17-,18-/m0/s1.